The van der Waals surface area contributed by atoms with Crippen molar-refractivity contribution in [2.75, 3.05) is 20.2 Å². The molecule has 3 atom stereocenters. The summed E-state index contributed by atoms with van der Waals surface area (Å²) in [7, 11) is 1.49. The smallest absolute Gasteiger partial charge is 0.326 e. The maximum absolute atomic E-state index is 12.1. The lowest BCUT2D eigenvalue weighted by atomic mass is 9.96. The molecule has 0 saturated heterocycles. The first-order valence-corrected chi connectivity index (χ1v) is 7.63. The van der Waals surface area contributed by atoms with Gasteiger partial charge < -0.3 is 10.1 Å². The molecule has 112 valence electrons. The van der Waals surface area contributed by atoms with Crippen molar-refractivity contribution in [3.8, 4) is 0 Å². The zero-order valence-electron chi connectivity index (χ0n) is 13.2. The van der Waals surface area contributed by atoms with Gasteiger partial charge in [-0.1, -0.05) is 20.8 Å². The van der Waals surface area contributed by atoms with E-state index in [1.807, 2.05) is 6.92 Å². The molecule has 0 aromatic heterocycles. The number of nitrogens with one attached hydrogen (secondary N) is 1. The van der Waals surface area contributed by atoms with Gasteiger partial charge in [-0.05, 0) is 45.7 Å². The SMILES string of the molecule is CCNC1(C(=O)OC)CCC(N(CC)C(C)CC)C1. The van der Waals surface area contributed by atoms with Gasteiger partial charge in [-0.25, -0.2) is 0 Å². The Morgan fingerprint density at radius 2 is 2.16 bits per heavy atom. The first-order valence-electron chi connectivity index (χ1n) is 7.63. The summed E-state index contributed by atoms with van der Waals surface area (Å²) >= 11 is 0. The van der Waals surface area contributed by atoms with Gasteiger partial charge in [0.05, 0.1) is 7.11 Å². The van der Waals surface area contributed by atoms with Crippen molar-refractivity contribution in [3.63, 3.8) is 0 Å². The maximum atomic E-state index is 12.1. The van der Waals surface area contributed by atoms with Crippen molar-refractivity contribution >= 4 is 5.97 Å². The minimum Gasteiger partial charge on any atom is -0.468 e. The molecule has 4 nitrogen and oxygen atoms in total. The highest BCUT2D eigenvalue weighted by molar-refractivity contribution is 5.81. The number of carbonyl (C=O) groups excluding carboxylic acids is 1. The molecular weight excluding hydrogens is 240 g/mol. The van der Waals surface area contributed by atoms with Crippen LogP contribution in [0.4, 0.5) is 0 Å². The maximum Gasteiger partial charge on any atom is 0.326 e. The highest BCUT2D eigenvalue weighted by Gasteiger charge is 2.47. The molecule has 1 aliphatic rings. The summed E-state index contributed by atoms with van der Waals surface area (Å²) in [5.74, 6) is -0.0999. The highest BCUT2D eigenvalue weighted by atomic mass is 16.5. The van der Waals surface area contributed by atoms with E-state index in [2.05, 4.69) is 31.0 Å². The van der Waals surface area contributed by atoms with Crippen LogP contribution >= 0.6 is 0 Å². The van der Waals surface area contributed by atoms with Crippen LogP contribution in [0.1, 0.15) is 53.4 Å². The third-order valence-corrected chi connectivity index (χ3v) is 4.57. The van der Waals surface area contributed by atoms with E-state index in [1.165, 1.54) is 7.11 Å². The summed E-state index contributed by atoms with van der Waals surface area (Å²) in [6, 6.07) is 1.06. The monoisotopic (exact) mass is 270 g/mol. The summed E-state index contributed by atoms with van der Waals surface area (Å²) in [4.78, 5) is 14.6. The lowest BCUT2D eigenvalue weighted by Crippen LogP contribution is -2.52. The van der Waals surface area contributed by atoms with Crippen LogP contribution in [0.2, 0.25) is 0 Å². The fraction of sp³-hybridized carbons (Fsp3) is 0.933. The molecule has 0 radical (unpaired) electrons. The van der Waals surface area contributed by atoms with Gasteiger partial charge in [-0.2, -0.15) is 0 Å². The number of methoxy groups -OCH3 is 1. The second-order valence-electron chi connectivity index (χ2n) is 5.59. The molecule has 3 unspecified atom stereocenters. The molecule has 0 aromatic rings. The minimum absolute atomic E-state index is 0.0999. The fourth-order valence-corrected chi connectivity index (χ4v) is 3.42. The highest BCUT2D eigenvalue weighted by Crippen LogP contribution is 2.35. The first kappa shape index (κ1) is 16.4. The lowest BCUT2D eigenvalue weighted by molar-refractivity contribution is -0.148. The van der Waals surface area contributed by atoms with Crippen molar-refractivity contribution in [2.24, 2.45) is 0 Å². The van der Waals surface area contributed by atoms with Crippen molar-refractivity contribution < 1.29 is 9.53 Å². The van der Waals surface area contributed by atoms with Crippen LogP contribution < -0.4 is 5.32 Å². The van der Waals surface area contributed by atoms with Crippen molar-refractivity contribution in [3.05, 3.63) is 0 Å². The molecule has 1 fully saturated rings. The number of esters is 1. The number of hydrogen-bond donors (Lipinski definition) is 1. The van der Waals surface area contributed by atoms with Crippen LogP contribution in [0.5, 0.6) is 0 Å². The quantitative estimate of drug-likeness (QED) is 0.720. The third-order valence-electron chi connectivity index (χ3n) is 4.57. The fourth-order valence-electron chi connectivity index (χ4n) is 3.42. The molecule has 4 heteroatoms. The largest absolute Gasteiger partial charge is 0.468 e. The topological polar surface area (TPSA) is 41.6 Å². The van der Waals surface area contributed by atoms with Crippen LogP contribution in [0, 0.1) is 0 Å². The van der Waals surface area contributed by atoms with Crippen molar-refractivity contribution in [1.29, 1.82) is 0 Å². The molecule has 0 spiro atoms. The Labute approximate surface area is 117 Å². The van der Waals surface area contributed by atoms with E-state index in [0.717, 1.165) is 38.8 Å². The number of rotatable bonds is 7. The van der Waals surface area contributed by atoms with E-state index in [1.54, 1.807) is 0 Å². The Morgan fingerprint density at radius 1 is 1.47 bits per heavy atom. The number of likely N-dealkylation sites (N-methyl/N-ethyl adjacent to an activating group) is 1. The van der Waals surface area contributed by atoms with Crippen LogP contribution in [0.25, 0.3) is 0 Å². The van der Waals surface area contributed by atoms with Gasteiger partial charge >= 0.3 is 5.97 Å². The average molecular weight is 270 g/mol. The zero-order chi connectivity index (χ0) is 14.5. The summed E-state index contributed by atoms with van der Waals surface area (Å²) in [5.41, 5.74) is -0.463. The second kappa shape index (κ2) is 7.25. The van der Waals surface area contributed by atoms with Gasteiger partial charge in [0.15, 0.2) is 0 Å². The molecule has 0 aromatic carbocycles. The lowest BCUT2D eigenvalue weighted by Gasteiger charge is -2.34. The van der Waals surface area contributed by atoms with Crippen LogP contribution in [0.3, 0.4) is 0 Å². The number of carbonyl (C=O) groups is 1. The molecule has 1 saturated carbocycles. The van der Waals surface area contributed by atoms with E-state index in [0.29, 0.717) is 12.1 Å². The molecule has 0 amide bonds. The van der Waals surface area contributed by atoms with E-state index < -0.39 is 5.54 Å². The number of ether oxygens (including phenoxy) is 1. The first-order chi connectivity index (χ1) is 9.04. The van der Waals surface area contributed by atoms with E-state index in [-0.39, 0.29) is 5.97 Å². The molecule has 1 aliphatic carbocycles. The van der Waals surface area contributed by atoms with Gasteiger partial charge in [0, 0.05) is 12.1 Å². The molecule has 19 heavy (non-hydrogen) atoms. The molecular formula is C15H30N2O2. The van der Waals surface area contributed by atoms with Crippen LogP contribution in [0.15, 0.2) is 0 Å². The Morgan fingerprint density at radius 3 is 2.63 bits per heavy atom. The van der Waals surface area contributed by atoms with Crippen molar-refractivity contribution in [2.45, 2.75) is 71.0 Å². The Bertz CT molecular complexity index is 296. The van der Waals surface area contributed by atoms with Crippen LogP contribution in [-0.4, -0.2) is 48.7 Å². The molecule has 1 rings (SSSR count). The van der Waals surface area contributed by atoms with Crippen LogP contribution in [-0.2, 0) is 9.53 Å². The summed E-state index contributed by atoms with van der Waals surface area (Å²) in [6.45, 7) is 10.6. The minimum atomic E-state index is -0.463. The molecule has 0 heterocycles. The summed E-state index contributed by atoms with van der Waals surface area (Å²) in [5, 5.41) is 3.37. The molecule has 0 bridgehead atoms. The van der Waals surface area contributed by atoms with E-state index in [9.17, 15) is 4.79 Å². The number of hydrogen-bond acceptors (Lipinski definition) is 4. The van der Waals surface area contributed by atoms with E-state index >= 15 is 0 Å². The van der Waals surface area contributed by atoms with Gasteiger partial charge in [0.2, 0.25) is 0 Å². The summed E-state index contributed by atoms with van der Waals surface area (Å²) in [6.07, 6.45) is 3.97. The zero-order valence-corrected chi connectivity index (χ0v) is 13.2. The van der Waals surface area contributed by atoms with E-state index in [4.69, 9.17) is 4.74 Å². The normalized spacial score (nSPS) is 28.6. The standard InChI is InChI=1S/C15H30N2O2/c1-6-12(4)17(8-3)13-9-10-15(11-13,16-7-2)14(18)19-5/h12-13,16H,6-11H2,1-5H3. The predicted octanol–water partition coefficient (Wildman–Crippen LogP) is 2.18. The summed E-state index contributed by atoms with van der Waals surface area (Å²) < 4.78 is 5.02. The van der Waals surface area contributed by atoms with Gasteiger partial charge in [0.25, 0.3) is 0 Å². The number of nitrogens with zero attached hydrogens (tertiary/aromatic N) is 1. The Kier molecular flexibility index (Phi) is 6.27. The Hall–Kier alpha value is -0.610. The molecule has 1 N–H and O–H groups in total. The third kappa shape index (κ3) is 3.48. The second-order valence-corrected chi connectivity index (χ2v) is 5.59. The molecule has 0 aliphatic heterocycles. The van der Waals surface area contributed by atoms with Gasteiger partial charge in [-0.15, -0.1) is 0 Å². The van der Waals surface area contributed by atoms with Gasteiger partial charge in [-0.3, -0.25) is 9.69 Å². The van der Waals surface area contributed by atoms with Gasteiger partial charge in [0.1, 0.15) is 5.54 Å². The average Bonchev–Trinajstić information content (AvgIpc) is 2.84. The predicted molar refractivity (Wildman–Crippen MR) is 78.2 cm³/mol. The van der Waals surface area contributed by atoms with Crippen molar-refractivity contribution in [1.82, 2.24) is 10.2 Å². The Balaban J connectivity index is 2.80.